The van der Waals surface area contributed by atoms with Crippen LogP contribution in [0.3, 0.4) is 0 Å². The number of carbonyl (C=O) groups is 1. The molecule has 3 aliphatic rings. The van der Waals surface area contributed by atoms with Gasteiger partial charge in [0, 0.05) is 51.1 Å². The second kappa shape index (κ2) is 11.2. The smallest absolute Gasteiger partial charge is 0.252 e. The minimum absolute atomic E-state index is 0. The highest BCUT2D eigenvalue weighted by molar-refractivity contribution is 7.89. The summed E-state index contributed by atoms with van der Waals surface area (Å²) >= 11 is 6.39. The predicted octanol–water partition coefficient (Wildman–Crippen LogP) is 4.67. The summed E-state index contributed by atoms with van der Waals surface area (Å²) in [6, 6.07) is 5.52. The fourth-order valence-corrected chi connectivity index (χ4v) is 7.01. The highest BCUT2D eigenvalue weighted by Crippen LogP contribution is 2.43. The van der Waals surface area contributed by atoms with Crippen molar-refractivity contribution in [1.29, 1.82) is 0 Å². The topological polar surface area (TPSA) is 69.7 Å². The maximum atomic E-state index is 14.0. The molecule has 6 nitrogen and oxygen atoms in total. The summed E-state index contributed by atoms with van der Waals surface area (Å²) in [5, 5.41) is 3.36. The molecule has 1 aliphatic heterocycles. The third-order valence-electron chi connectivity index (χ3n) is 7.54. The number of hydrogen-bond acceptors (Lipinski definition) is 4. The van der Waals surface area contributed by atoms with Gasteiger partial charge in [-0.15, -0.1) is 12.4 Å². The molecular weight excluding hydrogens is 519 g/mol. The molecule has 0 aromatic heterocycles. The molecule has 3 fully saturated rings. The van der Waals surface area contributed by atoms with Gasteiger partial charge in [0.25, 0.3) is 5.91 Å². The van der Waals surface area contributed by atoms with Crippen LogP contribution in [0.1, 0.15) is 73.7 Å². The average molecular weight is 555 g/mol. The molecule has 2 saturated carbocycles. The number of hydrogen-bond donors (Lipinski definition) is 1. The lowest BCUT2D eigenvalue weighted by atomic mass is 9.78. The molecule has 0 atom stereocenters. The van der Waals surface area contributed by atoms with Crippen molar-refractivity contribution in [2.75, 3.05) is 38.5 Å². The van der Waals surface area contributed by atoms with Crippen molar-refractivity contribution in [3.05, 3.63) is 34.3 Å². The van der Waals surface area contributed by atoms with Crippen LogP contribution in [0, 0.1) is 0 Å². The van der Waals surface area contributed by atoms with Crippen molar-refractivity contribution in [2.24, 2.45) is 0 Å². The molecule has 0 unspecified atom stereocenters. The van der Waals surface area contributed by atoms with Crippen molar-refractivity contribution >= 4 is 39.9 Å². The van der Waals surface area contributed by atoms with Crippen molar-refractivity contribution in [3.8, 4) is 0 Å². The van der Waals surface area contributed by atoms with Crippen LogP contribution in [0.4, 0.5) is 8.78 Å². The lowest BCUT2D eigenvalue weighted by Gasteiger charge is -2.50. The molecule has 0 bridgehead atoms. The number of carbonyl (C=O) groups excluding carboxylic acids is 1. The molecule has 35 heavy (non-hydrogen) atoms. The van der Waals surface area contributed by atoms with Gasteiger partial charge in [-0.1, -0.05) is 24.6 Å². The summed E-state index contributed by atoms with van der Waals surface area (Å²) in [5.41, 5.74) is 0.902. The largest absolute Gasteiger partial charge is 0.350 e. The fourth-order valence-electron chi connectivity index (χ4n) is 5.24. The number of nitrogens with one attached hydrogen (secondary N) is 1. The lowest BCUT2D eigenvalue weighted by Crippen LogP contribution is -2.63. The SMILES string of the molecule is CCCS(=O)(=O)N1CCN(C2(CNC(=O)c3ccc(C4CC4)cc3Cl)CCC(F)(F)CC2)CC1.Cl. The first-order chi connectivity index (χ1) is 16.1. The van der Waals surface area contributed by atoms with Gasteiger partial charge in [-0.2, -0.15) is 4.31 Å². The number of piperazine rings is 1. The molecule has 0 spiro atoms. The fraction of sp³-hybridized carbons (Fsp3) is 0.708. The van der Waals surface area contributed by atoms with E-state index in [-0.39, 0.29) is 56.3 Å². The quantitative estimate of drug-likeness (QED) is 0.507. The van der Waals surface area contributed by atoms with Crippen molar-refractivity contribution in [2.45, 2.75) is 69.2 Å². The van der Waals surface area contributed by atoms with Gasteiger partial charge in [-0.25, -0.2) is 17.2 Å². The standard InChI is InChI=1S/C24H34ClF2N3O3S.ClH/c1-2-15-34(32,33)30-13-11-29(12-14-30)23(7-9-24(26,27)10-8-23)17-28-22(31)20-6-5-19(16-21(20)25)18-3-4-18;/h5-6,16,18H,2-4,7-15,17H2,1H3,(H,28,31);1H. The minimum Gasteiger partial charge on any atom is -0.350 e. The lowest BCUT2D eigenvalue weighted by molar-refractivity contribution is -0.0856. The summed E-state index contributed by atoms with van der Waals surface area (Å²) in [4.78, 5) is 15.1. The Balaban J connectivity index is 0.00000342. The third-order valence-corrected chi connectivity index (χ3v) is 9.93. The molecule has 0 radical (unpaired) electrons. The number of rotatable bonds is 8. The van der Waals surface area contributed by atoms with Gasteiger partial charge in [0.15, 0.2) is 0 Å². The molecule has 198 valence electrons. The average Bonchev–Trinajstić information content (AvgIpc) is 3.64. The minimum atomic E-state index is -3.30. The maximum Gasteiger partial charge on any atom is 0.252 e. The number of nitrogens with zero attached hydrogens (tertiary/aromatic N) is 2. The Kier molecular flexibility index (Phi) is 9.12. The normalized spacial score (nSPS) is 22.9. The van der Waals surface area contributed by atoms with Crippen LogP contribution in [-0.2, 0) is 10.0 Å². The Hall–Kier alpha value is -1.00. The van der Waals surface area contributed by atoms with E-state index in [2.05, 4.69) is 10.2 Å². The van der Waals surface area contributed by atoms with Crippen LogP contribution in [0.15, 0.2) is 18.2 Å². The molecule has 11 heteroatoms. The molecule has 1 amide bonds. The highest BCUT2D eigenvalue weighted by atomic mass is 35.5. The zero-order valence-electron chi connectivity index (χ0n) is 20.1. The number of amides is 1. The summed E-state index contributed by atoms with van der Waals surface area (Å²) < 4.78 is 54.5. The summed E-state index contributed by atoms with van der Waals surface area (Å²) in [7, 11) is -3.30. The molecule has 1 heterocycles. The highest BCUT2D eigenvalue weighted by Gasteiger charge is 2.47. The van der Waals surface area contributed by atoms with E-state index in [0.717, 1.165) is 18.4 Å². The second-order valence-electron chi connectivity index (χ2n) is 9.98. The Morgan fingerprint density at radius 1 is 1.11 bits per heavy atom. The van der Waals surface area contributed by atoms with Crippen LogP contribution in [-0.4, -0.2) is 73.5 Å². The monoisotopic (exact) mass is 553 g/mol. The molecular formula is C24H35Cl2F2N3O3S. The van der Waals surface area contributed by atoms with Crippen molar-refractivity contribution in [1.82, 2.24) is 14.5 Å². The zero-order valence-corrected chi connectivity index (χ0v) is 22.5. The van der Waals surface area contributed by atoms with Gasteiger partial charge >= 0.3 is 0 Å². The van der Waals surface area contributed by atoms with Crippen molar-refractivity contribution < 1.29 is 22.0 Å². The number of halogens is 4. The van der Waals surface area contributed by atoms with E-state index < -0.39 is 21.5 Å². The number of alkyl halides is 2. The van der Waals surface area contributed by atoms with Crippen LogP contribution >= 0.6 is 24.0 Å². The van der Waals surface area contributed by atoms with E-state index >= 15 is 0 Å². The predicted molar refractivity (Wildman–Crippen MR) is 136 cm³/mol. The van der Waals surface area contributed by atoms with E-state index in [1.165, 1.54) is 4.31 Å². The summed E-state index contributed by atoms with van der Waals surface area (Å²) in [6.07, 6.45) is 2.84. The van der Waals surface area contributed by atoms with E-state index in [9.17, 15) is 22.0 Å². The van der Waals surface area contributed by atoms with Gasteiger partial charge in [0.05, 0.1) is 16.3 Å². The summed E-state index contributed by atoms with van der Waals surface area (Å²) in [6.45, 7) is 3.65. The molecule has 4 rings (SSSR count). The van der Waals surface area contributed by atoms with Gasteiger partial charge in [0.1, 0.15) is 0 Å². The van der Waals surface area contributed by atoms with Crippen LogP contribution in [0.5, 0.6) is 0 Å². The van der Waals surface area contributed by atoms with Crippen LogP contribution < -0.4 is 5.32 Å². The molecule has 1 saturated heterocycles. The first kappa shape index (κ1) is 28.6. The first-order valence-corrected chi connectivity index (χ1v) is 14.2. The number of sulfonamides is 1. The van der Waals surface area contributed by atoms with Gasteiger partial charge in [-0.3, -0.25) is 9.69 Å². The van der Waals surface area contributed by atoms with E-state index in [1.54, 1.807) is 6.07 Å². The molecule has 1 aromatic carbocycles. The first-order valence-electron chi connectivity index (χ1n) is 12.2. The van der Waals surface area contributed by atoms with E-state index in [1.807, 2.05) is 19.1 Å². The Morgan fingerprint density at radius 2 is 1.74 bits per heavy atom. The molecule has 1 aromatic rings. The van der Waals surface area contributed by atoms with Gasteiger partial charge in [-0.05, 0) is 55.7 Å². The van der Waals surface area contributed by atoms with E-state index in [0.29, 0.717) is 49.1 Å². The Labute approximate surface area is 218 Å². The Bertz CT molecular complexity index is 1000. The van der Waals surface area contributed by atoms with Crippen molar-refractivity contribution in [3.63, 3.8) is 0 Å². The molecule has 2 aliphatic carbocycles. The maximum absolute atomic E-state index is 14.0. The third kappa shape index (κ3) is 6.66. The van der Waals surface area contributed by atoms with E-state index in [4.69, 9.17) is 11.6 Å². The van der Waals surface area contributed by atoms with Crippen LogP contribution in [0.2, 0.25) is 5.02 Å². The number of benzene rings is 1. The van der Waals surface area contributed by atoms with Crippen LogP contribution in [0.25, 0.3) is 0 Å². The Morgan fingerprint density at radius 3 is 2.29 bits per heavy atom. The van der Waals surface area contributed by atoms with Gasteiger partial charge in [0.2, 0.25) is 15.9 Å². The molecule has 1 N–H and O–H groups in total. The zero-order chi connectivity index (χ0) is 24.6. The summed E-state index contributed by atoms with van der Waals surface area (Å²) in [5.74, 6) is -2.38. The second-order valence-corrected chi connectivity index (χ2v) is 12.5. The van der Waals surface area contributed by atoms with Gasteiger partial charge < -0.3 is 5.32 Å².